The summed E-state index contributed by atoms with van der Waals surface area (Å²) in [5.74, 6) is 0.139. The molecule has 8 nitrogen and oxygen atoms in total. The molecule has 0 amide bonds. The van der Waals surface area contributed by atoms with E-state index in [1.165, 1.54) is 0 Å². The van der Waals surface area contributed by atoms with Crippen molar-refractivity contribution in [2.75, 3.05) is 13.6 Å². The molecule has 0 aliphatic carbocycles. The van der Waals surface area contributed by atoms with Crippen molar-refractivity contribution in [2.24, 2.45) is 0 Å². The first kappa shape index (κ1) is 20.7. The van der Waals surface area contributed by atoms with E-state index in [2.05, 4.69) is 29.1 Å². The van der Waals surface area contributed by atoms with Crippen LogP contribution in [0.1, 0.15) is 31.0 Å². The van der Waals surface area contributed by atoms with Crippen LogP contribution in [0.5, 0.6) is 0 Å². The summed E-state index contributed by atoms with van der Waals surface area (Å²) in [6, 6.07) is 12.2. The van der Waals surface area contributed by atoms with E-state index in [0.29, 0.717) is 18.3 Å². The van der Waals surface area contributed by atoms with Gasteiger partial charge in [0.15, 0.2) is 0 Å². The molecule has 0 unspecified atom stereocenters. The average Bonchev–Trinajstić information content (AvgIpc) is 3.34. The van der Waals surface area contributed by atoms with Crippen molar-refractivity contribution >= 4 is 16.9 Å². The molecule has 0 atom stereocenters. The largest absolute Gasteiger partial charge is 0.480 e. The summed E-state index contributed by atoms with van der Waals surface area (Å²) in [4.78, 5) is 17.2. The van der Waals surface area contributed by atoms with E-state index in [1.54, 1.807) is 11.9 Å². The summed E-state index contributed by atoms with van der Waals surface area (Å²) >= 11 is 0. The van der Waals surface area contributed by atoms with Crippen LogP contribution in [0.15, 0.2) is 47.1 Å². The number of carboxylic acids is 1. The number of rotatable bonds is 7. The van der Waals surface area contributed by atoms with Crippen molar-refractivity contribution in [3.05, 3.63) is 53.7 Å². The van der Waals surface area contributed by atoms with Crippen LogP contribution in [0.4, 0.5) is 0 Å². The highest BCUT2D eigenvalue weighted by Gasteiger charge is 2.15. The number of carboxylic acid groups (broad SMARTS) is 1. The molecule has 0 saturated carbocycles. The lowest BCUT2D eigenvalue weighted by molar-refractivity contribution is -0.138. The zero-order chi connectivity index (χ0) is 22.1. The topological polar surface area (TPSA) is 97.3 Å². The summed E-state index contributed by atoms with van der Waals surface area (Å²) in [7, 11) is 1.78. The number of aliphatic carboxylic acids is 1. The van der Waals surface area contributed by atoms with Gasteiger partial charge in [-0.2, -0.15) is 10.1 Å². The first-order valence-electron chi connectivity index (χ1n) is 10.1. The Morgan fingerprint density at radius 1 is 1.23 bits per heavy atom. The molecule has 0 saturated heterocycles. The molecule has 0 spiro atoms. The lowest BCUT2D eigenvalue weighted by Gasteiger charge is -2.14. The predicted molar refractivity (Wildman–Crippen MR) is 118 cm³/mol. The fourth-order valence-corrected chi connectivity index (χ4v) is 3.72. The van der Waals surface area contributed by atoms with Gasteiger partial charge in [-0.3, -0.25) is 14.4 Å². The molecule has 0 aliphatic heterocycles. The van der Waals surface area contributed by atoms with Gasteiger partial charge in [-0.1, -0.05) is 23.4 Å². The molecular formula is C23H25N5O3. The van der Waals surface area contributed by atoms with Gasteiger partial charge in [0.05, 0.1) is 18.3 Å². The molecule has 2 aromatic carbocycles. The fourth-order valence-electron chi connectivity index (χ4n) is 3.72. The van der Waals surface area contributed by atoms with Gasteiger partial charge in [0.1, 0.15) is 0 Å². The minimum Gasteiger partial charge on any atom is -0.480 e. The van der Waals surface area contributed by atoms with E-state index in [0.717, 1.165) is 33.2 Å². The van der Waals surface area contributed by atoms with Crippen LogP contribution < -0.4 is 0 Å². The monoisotopic (exact) mass is 419 g/mol. The second kappa shape index (κ2) is 8.31. The number of likely N-dealkylation sites (N-methyl/N-ethyl adjacent to an activating group) is 1. The van der Waals surface area contributed by atoms with Crippen molar-refractivity contribution in [3.63, 3.8) is 0 Å². The van der Waals surface area contributed by atoms with Gasteiger partial charge in [0.2, 0.25) is 5.82 Å². The third-order valence-corrected chi connectivity index (χ3v) is 5.15. The molecule has 4 aromatic rings. The lowest BCUT2D eigenvalue weighted by Crippen LogP contribution is -2.25. The number of carbonyl (C=O) groups is 1. The van der Waals surface area contributed by atoms with Crippen LogP contribution in [0.2, 0.25) is 0 Å². The Bertz CT molecular complexity index is 1240. The van der Waals surface area contributed by atoms with Crippen molar-refractivity contribution in [1.29, 1.82) is 0 Å². The van der Waals surface area contributed by atoms with E-state index in [4.69, 9.17) is 9.63 Å². The normalized spacial score (nSPS) is 11.7. The predicted octanol–water partition coefficient (Wildman–Crippen LogP) is 4.16. The minimum atomic E-state index is -0.843. The quantitative estimate of drug-likeness (QED) is 0.480. The molecule has 0 bridgehead atoms. The fraction of sp³-hybridized carbons (Fsp3) is 0.304. The van der Waals surface area contributed by atoms with Crippen LogP contribution in [0.3, 0.4) is 0 Å². The van der Waals surface area contributed by atoms with Gasteiger partial charge in [0, 0.05) is 29.1 Å². The Kier molecular flexibility index (Phi) is 5.56. The van der Waals surface area contributed by atoms with E-state index >= 15 is 0 Å². The number of fused-ring (bicyclic) bond motifs is 1. The van der Waals surface area contributed by atoms with Crippen molar-refractivity contribution in [3.8, 4) is 22.8 Å². The summed E-state index contributed by atoms with van der Waals surface area (Å²) < 4.78 is 7.52. The first-order chi connectivity index (χ1) is 14.8. The Morgan fingerprint density at radius 2 is 2.03 bits per heavy atom. The smallest absolute Gasteiger partial charge is 0.317 e. The molecule has 8 heteroatoms. The van der Waals surface area contributed by atoms with E-state index in [-0.39, 0.29) is 12.6 Å². The zero-order valence-electron chi connectivity index (χ0n) is 18.0. The minimum absolute atomic E-state index is 0.00455. The molecule has 4 rings (SSSR count). The molecule has 0 radical (unpaired) electrons. The first-order valence-corrected chi connectivity index (χ1v) is 10.1. The van der Waals surface area contributed by atoms with E-state index in [1.807, 2.05) is 54.2 Å². The van der Waals surface area contributed by atoms with Crippen LogP contribution >= 0.6 is 0 Å². The molecule has 0 aliphatic rings. The maximum atomic E-state index is 10.9. The summed E-state index contributed by atoms with van der Waals surface area (Å²) in [6.45, 7) is 6.73. The van der Waals surface area contributed by atoms with Gasteiger partial charge >= 0.3 is 5.97 Å². The Morgan fingerprint density at radius 3 is 2.74 bits per heavy atom. The molecular weight excluding hydrogens is 394 g/mol. The third kappa shape index (κ3) is 4.34. The second-order valence-electron chi connectivity index (χ2n) is 8.09. The third-order valence-electron chi connectivity index (χ3n) is 5.15. The maximum Gasteiger partial charge on any atom is 0.317 e. The Hall–Kier alpha value is -3.52. The standard InChI is InChI=1S/C23H25N5O3/c1-14(2)28-20-8-6-17(10-18(20)11-24-28)23-25-22(26-31-23)19-7-5-16(9-15(19)3)12-27(4)13-21(29)30/h5-11,14H,12-13H2,1-4H3,(H,29,30). The van der Waals surface area contributed by atoms with Crippen LogP contribution in [0.25, 0.3) is 33.7 Å². The molecule has 1 N–H and O–H groups in total. The maximum absolute atomic E-state index is 10.9. The number of aryl methyl sites for hydroxylation is 1. The summed E-state index contributed by atoms with van der Waals surface area (Å²) in [6.07, 6.45) is 1.85. The van der Waals surface area contributed by atoms with Gasteiger partial charge in [-0.25, -0.2) is 0 Å². The van der Waals surface area contributed by atoms with Crippen molar-refractivity contribution in [2.45, 2.75) is 33.4 Å². The number of aromatic nitrogens is 4. The highest BCUT2D eigenvalue weighted by Crippen LogP contribution is 2.28. The molecule has 0 fully saturated rings. The second-order valence-corrected chi connectivity index (χ2v) is 8.09. The van der Waals surface area contributed by atoms with Crippen molar-refractivity contribution in [1.82, 2.24) is 24.8 Å². The number of hydrogen-bond donors (Lipinski definition) is 1. The van der Waals surface area contributed by atoms with E-state index < -0.39 is 5.97 Å². The Balaban J connectivity index is 1.57. The number of benzene rings is 2. The zero-order valence-corrected chi connectivity index (χ0v) is 18.0. The average molecular weight is 419 g/mol. The van der Waals surface area contributed by atoms with E-state index in [9.17, 15) is 4.79 Å². The number of hydrogen-bond acceptors (Lipinski definition) is 6. The van der Waals surface area contributed by atoms with Gasteiger partial charge in [0.25, 0.3) is 5.89 Å². The summed E-state index contributed by atoms with van der Waals surface area (Å²) in [5.41, 5.74) is 4.83. The molecule has 2 heterocycles. The Labute approximate surface area is 180 Å². The molecule has 160 valence electrons. The van der Waals surface area contributed by atoms with Crippen LogP contribution in [-0.2, 0) is 11.3 Å². The highest BCUT2D eigenvalue weighted by molar-refractivity contribution is 5.83. The van der Waals surface area contributed by atoms with Gasteiger partial charge in [-0.05, 0) is 57.1 Å². The highest BCUT2D eigenvalue weighted by atomic mass is 16.5. The van der Waals surface area contributed by atoms with Crippen LogP contribution in [-0.4, -0.2) is 49.5 Å². The molecule has 2 aromatic heterocycles. The van der Waals surface area contributed by atoms with Gasteiger partial charge in [-0.15, -0.1) is 0 Å². The SMILES string of the molecule is Cc1cc(CN(C)CC(=O)O)ccc1-c1noc(-c2ccc3c(cnn3C(C)C)c2)n1. The summed E-state index contributed by atoms with van der Waals surface area (Å²) in [5, 5.41) is 18.6. The van der Waals surface area contributed by atoms with Gasteiger partial charge < -0.3 is 9.63 Å². The number of nitrogens with zero attached hydrogens (tertiary/aromatic N) is 5. The van der Waals surface area contributed by atoms with Crippen molar-refractivity contribution < 1.29 is 14.4 Å². The van der Waals surface area contributed by atoms with Crippen LogP contribution in [0, 0.1) is 6.92 Å². The lowest BCUT2D eigenvalue weighted by atomic mass is 10.0. The molecule has 31 heavy (non-hydrogen) atoms.